The number of carbonyl (C=O) groups excluding carboxylic acids is 2. The quantitative estimate of drug-likeness (QED) is 0.886. The van der Waals surface area contributed by atoms with Crippen molar-refractivity contribution in [3.05, 3.63) is 29.8 Å². The lowest BCUT2D eigenvalue weighted by atomic mass is 10.1. The van der Waals surface area contributed by atoms with Crippen LogP contribution in [0.25, 0.3) is 0 Å². The molecule has 1 heterocycles. The molecule has 1 aliphatic heterocycles. The first-order valence-corrected chi connectivity index (χ1v) is 7.51. The minimum absolute atomic E-state index is 0.0193. The van der Waals surface area contributed by atoms with E-state index in [2.05, 4.69) is 5.32 Å². The van der Waals surface area contributed by atoms with E-state index in [1.54, 1.807) is 24.3 Å². The Bertz CT molecular complexity index is 624. The fourth-order valence-electron chi connectivity index (χ4n) is 2.75. The van der Waals surface area contributed by atoms with E-state index in [9.17, 15) is 19.5 Å². The number of rotatable bonds is 4. The Hall–Kier alpha value is -2.37. The molecule has 0 radical (unpaired) electrons. The Labute approximate surface area is 128 Å². The zero-order chi connectivity index (χ0) is 15.7. The molecule has 2 aliphatic rings. The molecule has 0 aromatic heterocycles. The number of carbonyl (C=O) groups is 3. The third-order valence-corrected chi connectivity index (χ3v) is 4.12. The van der Waals surface area contributed by atoms with Gasteiger partial charge >= 0.3 is 5.97 Å². The van der Waals surface area contributed by atoms with Gasteiger partial charge in [-0.05, 0) is 43.9 Å². The lowest BCUT2D eigenvalue weighted by Crippen LogP contribution is -2.40. The summed E-state index contributed by atoms with van der Waals surface area (Å²) in [6, 6.07) is 5.93. The summed E-state index contributed by atoms with van der Waals surface area (Å²) in [7, 11) is 0. The number of benzene rings is 1. The predicted octanol–water partition coefficient (Wildman–Crippen LogP) is 1.72. The Morgan fingerprint density at radius 1 is 1.18 bits per heavy atom. The van der Waals surface area contributed by atoms with Crippen LogP contribution in [0.3, 0.4) is 0 Å². The van der Waals surface area contributed by atoms with Crippen molar-refractivity contribution < 1.29 is 19.5 Å². The molecular weight excluding hydrogens is 284 g/mol. The molecule has 1 aliphatic carbocycles. The standard InChI is InChI=1S/C16H18N2O4/c19-14(10-6-7-10)17-12-4-1-3-11(9-12)15(20)18-8-2-5-13(18)16(21)22/h1,3-4,9-10,13H,2,5-8H2,(H,17,19)(H,21,22)/t13-/m0/s1. The third-order valence-electron chi connectivity index (χ3n) is 4.12. The van der Waals surface area contributed by atoms with Crippen LogP contribution in [-0.2, 0) is 9.59 Å². The van der Waals surface area contributed by atoms with Crippen LogP contribution in [0, 0.1) is 5.92 Å². The summed E-state index contributed by atoms with van der Waals surface area (Å²) in [4.78, 5) is 36.8. The van der Waals surface area contributed by atoms with E-state index < -0.39 is 12.0 Å². The number of amides is 2. The lowest BCUT2D eigenvalue weighted by molar-refractivity contribution is -0.141. The summed E-state index contributed by atoms with van der Waals surface area (Å²) in [5.41, 5.74) is 0.982. The fraction of sp³-hybridized carbons (Fsp3) is 0.438. The van der Waals surface area contributed by atoms with Crippen LogP contribution in [0.1, 0.15) is 36.0 Å². The Balaban J connectivity index is 1.74. The van der Waals surface area contributed by atoms with Crippen LogP contribution in [0.15, 0.2) is 24.3 Å². The first kappa shape index (κ1) is 14.6. The maximum absolute atomic E-state index is 12.5. The van der Waals surface area contributed by atoms with Gasteiger partial charge in [0, 0.05) is 23.7 Å². The van der Waals surface area contributed by atoms with Crippen molar-refractivity contribution in [2.45, 2.75) is 31.7 Å². The molecule has 6 nitrogen and oxygen atoms in total. The maximum Gasteiger partial charge on any atom is 0.326 e. The molecule has 116 valence electrons. The zero-order valence-electron chi connectivity index (χ0n) is 12.1. The van der Waals surface area contributed by atoms with Gasteiger partial charge in [0.05, 0.1) is 0 Å². The second-order valence-electron chi connectivity index (χ2n) is 5.84. The molecule has 22 heavy (non-hydrogen) atoms. The van der Waals surface area contributed by atoms with E-state index >= 15 is 0 Å². The van der Waals surface area contributed by atoms with Crippen molar-refractivity contribution >= 4 is 23.5 Å². The lowest BCUT2D eigenvalue weighted by Gasteiger charge is -2.21. The average molecular weight is 302 g/mol. The highest BCUT2D eigenvalue weighted by Gasteiger charge is 2.34. The Morgan fingerprint density at radius 3 is 2.64 bits per heavy atom. The molecule has 3 rings (SSSR count). The Kier molecular flexibility index (Phi) is 3.83. The highest BCUT2D eigenvalue weighted by atomic mass is 16.4. The molecule has 0 spiro atoms. The molecule has 2 amide bonds. The number of hydrogen-bond donors (Lipinski definition) is 2. The molecule has 1 atom stereocenters. The highest BCUT2D eigenvalue weighted by Crippen LogP contribution is 2.30. The molecule has 2 fully saturated rings. The number of likely N-dealkylation sites (tertiary alicyclic amines) is 1. The average Bonchev–Trinajstić information content (AvgIpc) is 3.23. The largest absolute Gasteiger partial charge is 0.480 e. The second-order valence-corrected chi connectivity index (χ2v) is 5.84. The molecule has 1 saturated heterocycles. The van der Waals surface area contributed by atoms with Crippen LogP contribution in [0.2, 0.25) is 0 Å². The minimum atomic E-state index is -0.968. The van der Waals surface area contributed by atoms with E-state index in [0.717, 1.165) is 12.8 Å². The summed E-state index contributed by atoms with van der Waals surface area (Å²) >= 11 is 0. The van der Waals surface area contributed by atoms with Gasteiger partial charge in [0.1, 0.15) is 6.04 Å². The van der Waals surface area contributed by atoms with E-state index in [4.69, 9.17) is 0 Å². The first-order chi connectivity index (χ1) is 10.6. The van der Waals surface area contributed by atoms with Crippen molar-refractivity contribution in [1.29, 1.82) is 0 Å². The molecule has 6 heteroatoms. The van der Waals surface area contributed by atoms with Gasteiger partial charge in [-0.15, -0.1) is 0 Å². The summed E-state index contributed by atoms with van der Waals surface area (Å²) in [5.74, 6) is -1.19. The van der Waals surface area contributed by atoms with Gasteiger partial charge in [0.15, 0.2) is 0 Å². The van der Waals surface area contributed by atoms with Gasteiger partial charge in [-0.25, -0.2) is 4.79 Å². The van der Waals surface area contributed by atoms with E-state index in [1.807, 2.05) is 0 Å². The third kappa shape index (κ3) is 2.95. The molecule has 1 saturated carbocycles. The van der Waals surface area contributed by atoms with Gasteiger partial charge in [-0.1, -0.05) is 6.07 Å². The highest BCUT2D eigenvalue weighted by molar-refractivity contribution is 5.99. The zero-order valence-corrected chi connectivity index (χ0v) is 12.1. The maximum atomic E-state index is 12.5. The van der Waals surface area contributed by atoms with Gasteiger partial charge in [0.25, 0.3) is 5.91 Å². The SMILES string of the molecule is O=C(Nc1cccc(C(=O)N2CCC[C@H]2C(=O)O)c1)C1CC1. The number of nitrogens with one attached hydrogen (secondary N) is 1. The number of carboxylic acids is 1. The number of nitrogens with zero attached hydrogens (tertiary/aromatic N) is 1. The van der Waals surface area contributed by atoms with Crippen LogP contribution in [-0.4, -0.2) is 40.4 Å². The molecule has 1 aromatic carbocycles. The fourth-order valence-corrected chi connectivity index (χ4v) is 2.75. The smallest absolute Gasteiger partial charge is 0.326 e. The minimum Gasteiger partial charge on any atom is -0.480 e. The van der Waals surface area contributed by atoms with Crippen LogP contribution >= 0.6 is 0 Å². The van der Waals surface area contributed by atoms with Crippen LogP contribution in [0.5, 0.6) is 0 Å². The predicted molar refractivity (Wildman–Crippen MR) is 79.5 cm³/mol. The van der Waals surface area contributed by atoms with Crippen molar-refractivity contribution in [3.8, 4) is 0 Å². The van der Waals surface area contributed by atoms with Crippen molar-refractivity contribution in [2.75, 3.05) is 11.9 Å². The van der Waals surface area contributed by atoms with Gasteiger partial charge in [0.2, 0.25) is 5.91 Å². The molecular formula is C16H18N2O4. The summed E-state index contributed by atoms with van der Waals surface area (Å²) in [6.07, 6.45) is 3.01. The Morgan fingerprint density at radius 2 is 1.95 bits per heavy atom. The van der Waals surface area contributed by atoms with Crippen LogP contribution in [0.4, 0.5) is 5.69 Å². The number of anilines is 1. The number of carboxylic acid groups (broad SMARTS) is 1. The van der Waals surface area contributed by atoms with Crippen LogP contribution < -0.4 is 5.32 Å². The first-order valence-electron chi connectivity index (χ1n) is 7.51. The van der Waals surface area contributed by atoms with Crippen molar-refractivity contribution in [3.63, 3.8) is 0 Å². The summed E-state index contributed by atoms with van der Waals surface area (Å²) < 4.78 is 0. The van der Waals surface area contributed by atoms with E-state index in [1.165, 1.54) is 4.90 Å². The van der Waals surface area contributed by atoms with Gasteiger partial charge in [-0.2, -0.15) is 0 Å². The molecule has 2 N–H and O–H groups in total. The molecule has 0 unspecified atom stereocenters. The van der Waals surface area contributed by atoms with E-state index in [-0.39, 0.29) is 17.7 Å². The van der Waals surface area contributed by atoms with Gasteiger partial charge < -0.3 is 15.3 Å². The van der Waals surface area contributed by atoms with Crippen molar-refractivity contribution in [2.24, 2.45) is 5.92 Å². The molecule has 1 aromatic rings. The topological polar surface area (TPSA) is 86.7 Å². The normalized spacial score (nSPS) is 20.7. The number of hydrogen-bond acceptors (Lipinski definition) is 3. The summed E-state index contributed by atoms with van der Waals surface area (Å²) in [6.45, 7) is 0.453. The summed E-state index contributed by atoms with van der Waals surface area (Å²) in [5, 5.41) is 12.0. The number of aliphatic carboxylic acids is 1. The van der Waals surface area contributed by atoms with Gasteiger partial charge in [-0.3, -0.25) is 9.59 Å². The molecule has 0 bridgehead atoms. The second kappa shape index (κ2) is 5.79. The van der Waals surface area contributed by atoms with Crippen molar-refractivity contribution in [1.82, 2.24) is 4.90 Å². The van der Waals surface area contributed by atoms with E-state index in [0.29, 0.717) is 30.6 Å². The monoisotopic (exact) mass is 302 g/mol.